The summed E-state index contributed by atoms with van der Waals surface area (Å²) < 4.78 is 0. The first-order valence-corrected chi connectivity index (χ1v) is 3.75. The van der Waals surface area contributed by atoms with Crippen LogP contribution in [0.15, 0.2) is 16.7 Å². The Labute approximate surface area is 122 Å². The van der Waals surface area contributed by atoms with Crippen molar-refractivity contribution in [2.75, 3.05) is 0 Å². The topological polar surface area (TPSA) is 0 Å². The second-order valence-corrected chi connectivity index (χ2v) is 3.62. The van der Waals surface area contributed by atoms with Gasteiger partial charge in [0, 0.05) is 25.8 Å². The van der Waals surface area contributed by atoms with Crippen molar-refractivity contribution >= 4 is 34.0 Å². The van der Waals surface area contributed by atoms with E-state index in [-0.39, 0.29) is 65.2 Å². The van der Waals surface area contributed by atoms with Crippen molar-refractivity contribution in [1.29, 1.82) is 0 Å². The molecule has 1 aliphatic carbocycles. The van der Waals surface area contributed by atoms with E-state index < -0.39 is 0 Å². The van der Waals surface area contributed by atoms with Gasteiger partial charge in [-0.15, -0.1) is 40.9 Å². The molecule has 0 fully saturated rings. The molecule has 3 heteroatoms. The molecule has 0 saturated heterocycles. The molecule has 13 heavy (non-hydrogen) atoms. The third-order valence-corrected chi connectivity index (χ3v) is 2.56. The van der Waals surface area contributed by atoms with Gasteiger partial charge in [-0.05, 0) is 0 Å². The summed E-state index contributed by atoms with van der Waals surface area (Å²) in [7, 11) is 0. The molecule has 0 heterocycles. The van der Waals surface area contributed by atoms with Crippen LogP contribution in [-0.2, 0) is 25.8 Å². The first kappa shape index (κ1) is 19.8. The Morgan fingerprint density at radius 2 is 1.38 bits per heavy atom. The molecular weight excluding hydrogens is 458 g/mol. The Balaban J connectivity index is -0.000000333. The number of allylic oxidation sites excluding steroid dienone is 4. The molecule has 0 radical (unpaired) electrons. The zero-order chi connectivity index (χ0) is 7.94. The van der Waals surface area contributed by atoms with Crippen molar-refractivity contribution < 1.29 is 25.8 Å². The number of rotatable bonds is 0. The average Bonchev–Trinajstić information content (AvgIpc) is 1.95. The quantitative estimate of drug-likeness (QED) is 0.363. The first-order valence-electron chi connectivity index (χ1n) is 3.75. The normalized spacial score (nSPS) is 18.1. The van der Waals surface area contributed by atoms with Crippen molar-refractivity contribution in [1.82, 2.24) is 0 Å². The van der Waals surface area contributed by atoms with Crippen LogP contribution in [0.3, 0.4) is 0 Å². The van der Waals surface area contributed by atoms with E-state index in [0.717, 1.165) is 0 Å². The molecule has 0 atom stereocenters. The van der Waals surface area contributed by atoms with E-state index >= 15 is 0 Å². The van der Waals surface area contributed by atoms with E-state index in [1.54, 1.807) is 0 Å². The van der Waals surface area contributed by atoms with E-state index in [0.29, 0.717) is 0 Å². The van der Waals surface area contributed by atoms with Crippen LogP contribution in [0.25, 0.3) is 0 Å². The molecule has 0 nitrogen and oxygen atoms in total. The van der Waals surface area contributed by atoms with E-state index in [1.807, 2.05) is 0 Å². The summed E-state index contributed by atoms with van der Waals surface area (Å²) in [5, 5.41) is 0. The van der Waals surface area contributed by atoms with E-state index in [2.05, 4.69) is 40.7 Å². The van der Waals surface area contributed by atoms with Gasteiger partial charge in [-0.1, -0.05) is 33.1 Å². The predicted molar refractivity (Wildman–Crippen MR) is 65.2 cm³/mol. The smallest absolute Gasteiger partial charge is 0 e. The fraction of sp³-hybridized carbons (Fsp3) is 0.600. The van der Waals surface area contributed by atoms with Crippen LogP contribution >= 0.6 is 34.0 Å². The molecule has 0 unspecified atom stereocenters. The van der Waals surface area contributed by atoms with Gasteiger partial charge in [0.15, 0.2) is 0 Å². The first-order chi connectivity index (χ1) is 4.45. The number of halogens is 2. The van der Waals surface area contributed by atoms with Gasteiger partial charge in [0.25, 0.3) is 0 Å². The van der Waals surface area contributed by atoms with Gasteiger partial charge in [-0.25, -0.2) is 5.57 Å². The zero-order valence-corrected chi connectivity index (χ0v) is 15.8. The van der Waals surface area contributed by atoms with E-state index in [1.165, 1.54) is 16.7 Å². The summed E-state index contributed by atoms with van der Waals surface area (Å²) in [6, 6.07) is 0. The summed E-state index contributed by atoms with van der Waals surface area (Å²) in [5.74, 6) is 0. The molecule has 0 aromatic carbocycles. The average molecular weight is 476 g/mol. The molecule has 0 spiro atoms. The Morgan fingerprint density at radius 3 is 1.46 bits per heavy atom. The van der Waals surface area contributed by atoms with Crippen molar-refractivity contribution in [3.63, 3.8) is 0 Å². The zero-order valence-electron chi connectivity index (χ0n) is 8.82. The number of hydrogen-bond donors (Lipinski definition) is 0. The molecule has 1 rings (SSSR count). The molecule has 0 N–H and O–H groups in total. The van der Waals surface area contributed by atoms with Crippen LogP contribution in [0.1, 0.15) is 34.6 Å². The fourth-order valence-corrected chi connectivity index (χ4v) is 1.41. The summed E-state index contributed by atoms with van der Waals surface area (Å²) in [6.07, 6.45) is 3.44. The fourth-order valence-electron chi connectivity index (χ4n) is 1.41. The van der Waals surface area contributed by atoms with Crippen LogP contribution in [-0.4, -0.2) is 0 Å². The summed E-state index contributed by atoms with van der Waals surface area (Å²) in [6.45, 7) is 10.9. The maximum atomic E-state index is 3.44. The van der Waals surface area contributed by atoms with Gasteiger partial charge in [0.2, 0.25) is 0 Å². The number of hydrogen-bond acceptors (Lipinski definition) is 0. The van der Waals surface area contributed by atoms with Crippen molar-refractivity contribution in [2.45, 2.75) is 34.6 Å². The minimum absolute atomic E-state index is 0. The summed E-state index contributed by atoms with van der Waals surface area (Å²) >= 11 is 0. The molecule has 0 aromatic rings. The largest absolute Gasteiger partial charge is 0.263 e. The Bertz CT molecular complexity index is 227. The standard InChI is InChI=1S/C10H15.2BrH.Hf/c1-7-6-10(4,5)9(3)8(7)2;;;/h1-5H3;2*1H;/q-1;;;. The van der Waals surface area contributed by atoms with Gasteiger partial charge in [0.05, 0.1) is 0 Å². The van der Waals surface area contributed by atoms with Crippen LogP contribution in [0, 0.1) is 11.5 Å². The van der Waals surface area contributed by atoms with Gasteiger partial charge in [-0.2, -0.15) is 11.1 Å². The molecular formula is C10H17Br2Hf-. The van der Waals surface area contributed by atoms with Gasteiger partial charge < -0.3 is 0 Å². The van der Waals surface area contributed by atoms with E-state index in [4.69, 9.17) is 0 Å². The SMILES string of the molecule is Br.Br.CC1=[C-]C(C)(C)C(C)=C1C.[Hf]. The van der Waals surface area contributed by atoms with E-state index in [9.17, 15) is 0 Å². The van der Waals surface area contributed by atoms with Gasteiger partial charge in [0.1, 0.15) is 0 Å². The van der Waals surface area contributed by atoms with Crippen molar-refractivity contribution in [3.05, 3.63) is 22.8 Å². The van der Waals surface area contributed by atoms with Crippen LogP contribution in [0.4, 0.5) is 0 Å². The van der Waals surface area contributed by atoms with Crippen LogP contribution in [0.2, 0.25) is 0 Å². The molecule has 0 aromatic heterocycles. The second kappa shape index (κ2) is 6.73. The van der Waals surface area contributed by atoms with Crippen LogP contribution < -0.4 is 0 Å². The second-order valence-electron chi connectivity index (χ2n) is 3.62. The van der Waals surface area contributed by atoms with Crippen molar-refractivity contribution in [3.8, 4) is 0 Å². The third-order valence-electron chi connectivity index (χ3n) is 2.56. The van der Waals surface area contributed by atoms with Gasteiger partial charge >= 0.3 is 0 Å². The Hall–Kier alpha value is 1.31. The monoisotopic (exact) mass is 475 g/mol. The third kappa shape index (κ3) is 4.13. The summed E-state index contributed by atoms with van der Waals surface area (Å²) in [5.41, 5.74) is 4.39. The predicted octanol–water partition coefficient (Wildman–Crippen LogP) is 4.27. The molecule has 0 saturated carbocycles. The van der Waals surface area contributed by atoms with Crippen molar-refractivity contribution in [2.24, 2.45) is 5.41 Å². The molecule has 76 valence electrons. The molecule has 1 aliphatic rings. The minimum Gasteiger partial charge on any atom is -0.263 e. The molecule has 0 aliphatic heterocycles. The molecule has 0 amide bonds. The maximum absolute atomic E-state index is 3.44. The Morgan fingerprint density at radius 1 is 1.00 bits per heavy atom. The molecule has 0 bridgehead atoms. The minimum atomic E-state index is 0. The van der Waals surface area contributed by atoms with Crippen LogP contribution in [0.5, 0.6) is 0 Å². The maximum Gasteiger partial charge on any atom is 0 e. The van der Waals surface area contributed by atoms with Gasteiger partial charge in [-0.3, -0.25) is 6.08 Å². The summed E-state index contributed by atoms with van der Waals surface area (Å²) in [4.78, 5) is 0. The Kier molecular flexibility index (Phi) is 10.3.